The largest absolute Gasteiger partial charge is 0.465 e. The van der Waals surface area contributed by atoms with Gasteiger partial charge >= 0.3 is 5.97 Å². The van der Waals surface area contributed by atoms with Gasteiger partial charge in [-0.25, -0.2) is 9.18 Å². The smallest absolute Gasteiger partial charge is 0.337 e. The molecule has 0 unspecified atom stereocenters. The van der Waals surface area contributed by atoms with Gasteiger partial charge in [0.05, 0.1) is 18.4 Å². The molecule has 2 aromatic carbocycles. The number of esters is 1. The molecule has 0 aliphatic rings. The van der Waals surface area contributed by atoms with Gasteiger partial charge in [-0.15, -0.1) is 0 Å². The first kappa shape index (κ1) is 15.0. The third kappa shape index (κ3) is 3.60. The molecule has 0 saturated heterocycles. The van der Waals surface area contributed by atoms with Crippen molar-refractivity contribution in [3.63, 3.8) is 0 Å². The van der Waals surface area contributed by atoms with Gasteiger partial charge in [0.1, 0.15) is 5.82 Å². The van der Waals surface area contributed by atoms with Gasteiger partial charge in [-0.3, -0.25) is 0 Å². The van der Waals surface area contributed by atoms with Crippen molar-refractivity contribution < 1.29 is 13.9 Å². The predicted octanol–water partition coefficient (Wildman–Crippen LogP) is 3.64. The highest BCUT2D eigenvalue weighted by Crippen LogP contribution is 2.20. The lowest BCUT2D eigenvalue weighted by Crippen LogP contribution is -2.23. The average molecular weight is 287 g/mol. The van der Waals surface area contributed by atoms with Crippen molar-refractivity contribution in [3.05, 3.63) is 65.5 Å². The molecular formula is C17H18FNO2. The summed E-state index contributed by atoms with van der Waals surface area (Å²) in [7, 11) is 1.35. The summed E-state index contributed by atoms with van der Waals surface area (Å²) in [6.45, 7) is 3.26. The molecule has 0 atom stereocenters. The molecule has 0 aliphatic carbocycles. The van der Waals surface area contributed by atoms with E-state index in [1.165, 1.54) is 13.2 Å². The topological polar surface area (TPSA) is 29.5 Å². The molecular weight excluding hydrogens is 269 g/mol. The molecule has 4 heteroatoms. The fourth-order valence-electron chi connectivity index (χ4n) is 2.16. The summed E-state index contributed by atoms with van der Waals surface area (Å²) in [6.07, 6.45) is 0. The fourth-order valence-corrected chi connectivity index (χ4v) is 2.16. The Labute approximate surface area is 124 Å². The molecule has 0 spiro atoms. The van der Waals surface area contributed by atoms with E-state index in [0.29, 0.717) is 24.3 Å². The molecule has 0 aliphatic heterocycles. The monoisotopic (exact) mass is 287 g/mol. The van der Waals surface area contributed by atoms with Crippen LogP contribution in [-0.2, 0) is 11.3 Å². The highest BCUT2D eigenvalue weighted by molar-refractivity contribution is 5.89. The highest BCUT2D eigenvalue weighted by atomic mass is 19.1. The molecule has 2 rings (SSSR count). The number of carbonyl (C=O) groups is 1. The molecule has 0 heterocycles. The molecule has 0 saturated carbocycles. The van der Waals surface area contributed by atoms with E-state index < -0.39 is 0 Å². The lowest BCUT2D eigenvalue weighted by molar-refractivity contribution is 0.0600. The Hall–Kier alpha value is -2.36. The predicted molar refractivity (Wildman–Crippen MR) is 80.9 cm³/mol. The summed E-state index contributed by atoms with van der Waals surface area (Å²) in [5.74, 6) is -0.589. The van der Waals surface area contributed by atoms with Crippen LogP contribution in [0, 0.1) is 5.82 Å². The Morgan fingerprint density at radius 1 is 1.14 bits per heavy atom. The Kier molecular flexibility index (Phi) is 4.93. The summed E-state index contributed by atoms with van der Waals surface area (Å²) in [4.78, 5) is 13.3. The maximum Gasteiger partial charge on any atom is 0.337 e. The number of benzene rings is 2. The second-order valence-electron chi connectivity index (χ2n) is 4.65. The van der Waals surface area contributed by atoms with Gasteiger partial charge in [-0.2, -0.15) is 0 Å². The Bertz CT molecular complexity index is 610. The van der Waals surface area contributed by atoms with Gasteiger partial charge in [0, 0.05) is 13.1 Å². The van der Waals surface area contributed by atoms with Crippen LogP contribution in [-0.4, -0.2) is 19.6 Å². The van der Waals surface area contributed by atoms with E-state index in [0.717, 1.165) is 5.56 Å². The van der Waals surface area contributed by atoms with E-state index in [1.807, 2.05) is 30.0 Å². The summed E-state index contributed by atoms with van der Waals surface area (Å²) in [5.41, 5.74) is 2.10. The van der Waals surface area contributed by atoms with Crippen LogP contribution in [0.25, 0.3) is 0 Å². The fraction of sp³-hybridized carbons (Fsp3) is 0.235. The number of halogens is 1. The van der Waals surface area contributed by atoms with E-state index in [9.17, 15) is 9.18 Å². The zero-order valence-electron chi connectivity index (χ0n) is 12.2. The summed E-state index contributed by atoms with van der Waals surface area (Å²) >= 11 is 0. The lowest BCUT2D eigenvalue weighted by Gasteiger charge is -2.23. The molecule has 21 heavy (non-hydrogen) atoms. The second kappa shape index (κ2) is 6.88. The number of methoxy groups -OCH3 is 1. The standard InChI is InChI=1S/C17H18FNO2/c1-3-19(16-7-5-4-6-15(16)18)12-13-8-10-14(11-9-13)17(20)21-2/h4-11H,3,12H2,1-2H3. The normalized spacial score (nSPS) is 10.2. The third-order valence-corrected chi connectivity index (χ3v) is 3.32. The Morgan fingerprint density at radius 3 is 2.38 bits per heavy atom. The van der Waals surface area contributed by atoms with E-state index >= 15 is 0 Å². The maximum absolute atomic E-state index is 13.8. The van der Waals surface area contributed by atoms with Crippen LogP contribution >= 0.6 is 0 Å². The van der Waals surface area contributed by atoms with E-state index in [-0.39, 0.29) is 11.8 Å². The number of hydrogen-bond acceptors (Lipinski definition) is 3. The molecule has 0 bridgehead atoms. The van der Waals surface area contributed by atoms with Crippen LogP contribution in [0.1, 0.15) is 22.8 Å². The van der Waals surface area contributed by atoms with Gasteiger partial charge in [0.25, 0.3) is 0 Å². The number of rotatable bonds is 5. The second-order valence-corrected chi connectivity index (χ2v) is 4.65. The van der Waals surface area contributed by atoms with Crippen LogP contribution in [0.3, 0.4) is 0 Å². The third-order valence-electron chi connectivity index (χ3n) is 3.32. The number of hydrogen-bond donors (Lipinski definition) is 0. The first-order chi connectivity index (χ1) is 10.2. The molecule has 110 valence electrons. The maximum atomic E-state index is 13.8. The van der Waals surface area contributed by atoms with Crippen molar-refractivity contribution >= 4 is 11.7 Å². The van der Waals surface area contributed by atoms with E-state index in [1.54, 1.807) is 24.3 Å². The summed E-state index contributed by atoms with van der Waals surface area (Å²) < 4.78 is 18.5. The van der Waals surface area contributed by atoms with Crippen LogP contribution in [0.2, 0.25) is 0 Å². The van der Waals surface area contributed by atoms with E-state index in [2.05, 4.69) is 4.74 Å². The minimum absolute atomic E-state index is 0.231. The van der Waals surface area contributed by atoms with E-state index in [4.69, 9.17) is 0 Å². The Morgan fingerprint density at radius 2 is 1.81 bits per heavy atom. The van der Waals surface area contributed by atoms with Gasteiger partial charge in [0.15, 0.2) is 0 Å². The molecule has 0 aromatic heterocycles. The van der Waals surface area contributed by atoms with Crippen LogP contribution in [0.4, 0.5) is 10.1 Å². The van der Waals surface area contributed by atoms with Crippen molar-refractivity contribution in [3.8, 4) is 0 Å². The SMILES string of the molecule is CCN(Cc1ccc(C(=O)OC)cc1)c1ccccc1F. The minimum atomic E-state index is -0.358. The molecule has 0 radical (unpaired) electrons. The van der Waals surface area contributed by atoms with Crippen LogP contribution in [0.15, 0.2) is 48.5 Å². The first-order valence-electron chi connectivity index (χ1n) is 6.82. The molecule has 0 fully saturated rings. The summed E-state index contributed by atoms with van der Waals surface area (Å²) in [6, 6.07) is 13.9. The number of carbonyl (C=O) groups excluding carboxylic acids is 1. The van der Waals surface area contributed by atoms with Crippen LogP contribution in [0.5, 0.6) is 0 Å². The highest BCUT2D eigenvalue weighted by Gasteiger charge is 2.10. The summed E-state index contributed by atoms with van der Waals surface area (Å²) in [5, 5.41) is 0. The average Bonchev–Trinajstić information content (AvgIpc) is 2.53. The molecule has 0 amide bonds. The minimum Gasteiger partial charge on any atom is -0.465 e. The number of anilines is 1. The van der Waals surface area contributed by atoms with Crippen LogP contribution < -0.4 is 4.90 Å². The molecule has 0 N–H and O–H groups in total. The zero-order chi connectivity index (χ0) is 15.2. The molecule has 2 aromatic rings. The van der Waals surface area contributed by atoms with Crippen molar-refractivity contribution in [2.45, 2.75) is 13.5 Å². The van der Waals surface area contributed by atoms with Crippen molar-refractivity contribution in [2.24, 2.45) is 0 Å². The van der Waals surface area contributed by atoms with Gasteiger partial charge in [-0.1, -0.05) is 24.3 Å². The molecule has 3 nitrogen and oxygen atoms in total. The number of para-hydroxylation sites is 1. The van der Waals surface area contributed by atoms with Crippen molar-refractivity contribution in [1.29, 1.82) is 0 Å². The van der Waals surface area contributed by atoms with Gasteiger partial charge < -0.3 is 9.64 Å². The zero-order valence-corrected chi connectivity index (χ0v) is 12.2. The Balaban J connectivity index is 2.16. The number of ether oxygens (including phenoxy) is 1. The van der Waals surface area contributed by atoms with Crippen molar-refractivity contribution in [1.82, 2.24) is 0 Å². The quantitative estimate of drug-likeness (QED) is 0.786. The lowest BCUT2D eigenvalue weighted by atomic mass is 10.1. The van der Waals surface area contributed by atoms with Gasteiger partial charge in [-0.05, 0) is 36.8 Å². The van der Waals surface area contributed by atoms with Gasteiger partial charge in [0.2, 0.25) is 0 Å². The van der Waals surface area contributed by atoms with Crippen molar-refractivity contribution in [2.75, 3.05) is 18.6 Å². The first-order valence-corrected chi connectivity index (χ1v) is 6.82. The number of nitrogens with zero attached hydrogens (tertiary/aromatic N) is 1.